The Balaban J connectivity index is 2.39. The van der Waals surface area contributed by atoms with Gasteiger partial charge in [0.1, 0.15) is 11.7 Å². The Morgan fingerprint density at radius 3 is 2.79 bits per heavy atom. The Morgan fingerprint density at radius 2 is 2.14 bits per heavy atom. The van der Waals surface area contributed by atoms with Crippen LogP contribution in [0.2, 0.25) is 10.0 Å². The van der Waals surface area contributed by atoms with Crippen molar-refractivity contribution in [2.24, 2.45) is 0 Å². The second-order valence-electron chi connectivity index (χ2n) is 2.48. The molecule has 1 aromatic rings. The summed E-state index contributed by atoms with van der Waals surface area (Å²) in [6, 6.07) is 5.22. The molecule has 0 aliphatic rings. The van der Waals surface area contributed by atoms with Crippen molar-refractivity contribution < 1.29 is 4.74 Å². The summed E-state index contributed by atoms with van der Waals surface area (Å²) in [5, 5.41) is 1.05. The molecule has 0 radical (unpaired) electrons. The van der Waals surface area contributed by atoms with Gasteiger partial charge in [0.05, 0.1) is 10.0 Å². The largest absolute Gasteiger partial charge is 0.482 e. The van der Waals surface area contributed by atoms with Gasteiger partial charge in [-0.25, -0.2) is 0 Å². The van der Waals surface area contributed by atoms with Crippen molar-refractivity contribution >= 4 is 35.1 Å². The van der Waals surface area contributed by atoms with Crippen LogP contribution in [0.4, 0.5) is 0 Å². The summed E-state index contributed by atoms with van der Waals surface area (Å²) in [5.74, 6) is 1.27. The van der Waals surface area contributed by atoms with Crippen molar-refractivity contribution in [1.29, 1.82) is 0 Å². The summed E-state index contributed by atoms with van der Waals surface area (Å²) in [4.78, 5) is 0. The molecule has 0 spiro atoms. The lowest BCUT2D eigenvalue weighted by molar-refractivity contribution is 0.392. The monoisotopic (exact) mass is 251 g/mol. The number of ether oxygens (including phenoxy) is 1. The molecule has 1 aromatic carbocycles. The number of benzene rings is 1. The molecule has 1 N–H and O–H groups in total. The van der Waals surface area contributed by atoms with E-state index in [0.29, 0.717) is 16.0 Å². The zero-order chi connectivity index (χ0) is 10.4. The van der Waals surface area contributed by atoms with E-state index in [0.717, 1.165) is 12.3 Å². The highest BCUT2D eigenvalue weighted by Gasteiger charge is 1.99. The average molecular weight is 252 g/mol. The second-order valence-corrected chi connectivity index (χ2v) is 4.11. The molecular weight excluding hydrogens is 241 g/mol. The molecule has 0 atom stereocenters. The SMILES string of the molecule is CCNSCOc1ccc(Cl)c(Cl)c1. The minimum Gasteiger partial charge on any atom is -0.482 e. The van der Waals surface area contributed by atoms with E-state index in [1.165, 1.54) is 11.9 Å². The van der Waals surface area contributed by atoms with Crippen LogP contribution in [0.3, 0.4) is 0 Å². The average Bonchev–Trinajstić information content (AvgIpc) is 2.18. The quantitative estimate of drug-likeness (QED) is 0.491. The molecule has 0 amide bonds. The van der Waals surface area contributed by atoms with Crippen molar-refractivity contribution in [3.63, 3.8) is 0 Å². The van der Waals surface area contributed by atoms with Crippen LogP contribution in [-0.4, -0.2) is 12.5 Å². The highest BCUT2D eigenvalue weighted by molar-refractivity contribution is 7.97. The first kappa shape index (κ1) is 12.0. The lowest BCUT2D eigenvalue weighted by Gasteiger charge is -2.06. The van der Waals surface area contributed by atoms with Gasteiger partial charge in [-0.05, 0) is 24.1 Å². The molecule has 2 nitrogen and oxygen atoms in total. The summed E-state index contributed by atoms with van der Waals surface area (Å²) >= 11 is 13.1. The van der Waals surface area contributed by atoms with Gasteiger partial charge in [0.25, 0.3) is 0 Å². The first-order valence-corrected chi connectivity index (χ1v) is 5.90. The van der Waals surface area contributed by atoms with Crippen LogP contribution >= 0.6 is 35.1 Å². The first-order chi connectivity index (χ1) is 6.74. The molecule has 78 valence electrons. The van der Waals surface area contributed by atoms with Gasteiger partial charge in [-0.15, -0.1) is 0 Å². The first-order valence-electron chi connectivity index (χ1n) is 4.16. The minimum atomic E-state index is 0.512. The topological polar surface area (TPSA) is 21.3 Å². The predicted molar refractivity (Wildman–Crippen MR) is 63.2 cm³/mol. The number of nitrogens with one attached hydrogen (secondary N) is 1. The Kier molecular flexibility index (Phi) is 5.48. The fraction of sp³-hybridized carbons (Fsp3) is 0.333. The van der Waals surface area contributed by atoms with Crippen molar-refractivity contribution in [3.8, 4) is 5.75 Å². The molecule has 1 rings (SSSR count). The number of halogens is 2. The minimum absolute atomic E-state index is 0.512. The number of hydrogen-bond acceptors (Lipinski definition) is 3. The van der Waals surface area contributed by atoms with Crippen molar-refractivity contribution in [2.45, 2.75) is 6.92 Å². The third-order valence-electron chi connectivity index (χ3n) is 1.42. The van der Waals surface area contributed by atoms with E-state index in [9.17, 15) is 0 Å². The van der Waals surface area contributed by atoms with E-state index in [1.54, 1.807) is 18.2 Å². The lowest BCUT2D eigenvalue weighted by atomic mass is 10.3. The van der Waals surface area contributed by atoms with E-state index in [2.05, 4.69) is 4.72 Å². The van der Waals surface area contributed by atoms with Gasteiger partial charge < -0.3 is 4.74 Å². The van der Waals surface area contributed by atoms with Gasteiger partial charge in [0.2, 0.25) is 0 Å². The molecule has 0 heterocycles. The summed E-state index contributed by atoms with van der Waals surface area (Å²) in [7, 11) is 0. The van der Waals surface area contributed by atoms with Crippen molar-refractivity contribution in [3.05, 3.63) is 28.2 Å². The Bertz CT molecular complexity index is 296. The van der Waals surface area contributed by atoms with Crippen LogP contribution in [0.15, 0.2) is 18.2 Å². The molecule has 0 bridgehead atoms. The zero-order valence-electron chi connectivity index (χ0n) is 7.72. The van der Waals surface area contributed by atoms with Crippen LogP contribution in [0.1, 0.15) is 6.92 Å². The highest BCUT2D eigenvalue weighted by atomic mass is 35.5. The van der Waals surface area contributed by atoms with Crippen molar-refractivity contribution in [2.75, 3.05) is 12.5 Å². The molecule has 0 unspecified atom stereocenters. The van der Waals surface area contributed by atoms with E-state index in [4.69, 9.17) is 27.9 Å². The number of hydrogen-bond donors (Lipinski definition) is 1. The summed E-state index contributed by atoms with van der Waals surface area (Å²) in [6.07, 6.45) is 0. The summed E-state index contributed by atoms with van der Waals surface area (Å²) in [6.45, 7) is 2.95. The van der Waals surface area contributed by atoms with Gasteiger partial charge in [-0.3, -0.25) is 4.72 Å². The van der Waals surface area contributed by atoms with Gasteiger partial charge in [-0.1, -0.05) is 30.1 Å². The fourth-order valence-corrected chi connectivity index (χ4v) is 1.58. The van der Waals surface area contributed by atoms with Gasteiger partial charge in [0.15, 0.2) is 0 Å². The molecule has 0 aliphatic carbocycles. The second kappa shape index (κ2) is 6.40. The van der Waals surface area contributed by atoms with Crippen LogP contribution in [-0.2, 0) is 0 Å². The highest BCUT2D eigenvalue weighted by Crippen LogP contribution is 2.26. The summed E-state index contributed by atoms with van der Waals surface area (Å²) in [5.41, 5.74) is 0. The van der Waals surface area contributed by atoms with E-state index < -0.39 is 0 Å². The van der Waals surface area contributed by atoms with Crippen LogP contribution in [0.5, 0.6) is 5.75 Å². The third-order valence-corrected chi connectivity index (χ3v) is 2.89. The fourth-order valence-electron chi connectivity index (χ4n) is 0.808. The Labute approximate surface area is 98.1 Å². The van der Waals surface area contributed by atoms with E-state index in [-0.39, 0.29) is 0 Å². The molecule has 0 saturated heterocycles. The molecule has 14 heavy (non-hydrogen) atoms. The maximum Gasteiger partial charge on any atom is 0.147 e. The molecule has 0 aliphatic heterocycles. The third kappa shape index (κ3) is 3.96. The standard InChI is InChI=1S/C9H11Cl2NOS/c1-2-12-14-6-13-7-3-4-8(10)9(11)5-7/h3-5,12H,2,6H2,1H3. The van der Waals surface area contributed by atoms with Crippen molar-refractivity contribution in [1.82, 2.24) is 4.72 Å². The van der Waals surface area contributed by atoms with Gasteiger partial charge in [0, 0.05) is 12.6 Å². The maximum atomic E-state index is 5.82. The Morgan fingerprint density at radius 1 is 1.36 bits per heavy atom. The smallest absolute Gasteiger partial charge is 0.147 e. The molecule has 0 aromatic heterocycles. The molecule has 5 heteroatoms. The van der Waals surface area contributed by atoms with Crippen LogP contribution in [0, 0.1) is 0 Å². The van der Waals surface area contributed by atoms with E-state index >= 15 is 0 Å². The lowest BCUT2D eigenvalue weighted by Crippen LogP contribution is -2.05. The predicted octanol–water partition coefficient (Wildman–Crippen LogP) is 3.59. The molecule has 0 fully saturated rings. The Hall–Kier alpha value is -0.0900. The zero-order valence-corrected chi connectivity index (χ0v) is 10.0. The normalized spacial score (nSPS) is 10.2. The van der Waals surface area contributed by atoms with Crippen LogP contribution < -0.4 is 9.46 Å². The maximum absolute atomic E-state index is 5.82. The molecular formula is C9H11Cl2NOS. The summed E-state index contributed by atoms with van der Waals surface area (Å²) < 4.78 is 8.48. The van der Waals surface area contributed by atoms with Gasteiger partial charge in [-0.2, -0.15) is 0 Å². The van der Waals surface area contributed by atoms with Crippen LogP contribution in [0.25, 0.3) is 0 Å². The molecule has 0 saturated carbocycles. The number of rotatable bonds is 5. The van der Waals surface area contributed by atoms with Gasteiger partial charge >= 0.3 is 0 Å². The van der Waals surface area contributed by atoms with E-state index in [1.807, 2.05) is 6.92 Å².